The van der Waals surface area contributed by atoms with Gasteiger partial charge in [-0.25, -0.2) is 9.97 Å². The minimum Gasteiger partial charge on any atom is -0.359 e. The summed E-state index contributed by atoms with van der Waals surface area (Å²) in [5.74, 6) is 1.76. The largest absolute Gasteiger partial charge is 0.359 e. The first-order valence-electron chi connectivity index (χ1n) is 6.83. The molecule has 0 bridgehead atoms. The van der Waals surface area contributed by atoms with Crippen LogP contribution in [0, 0.1) is 6.92 Å². The molecule has 0 spiro atoms. The van der Waals surface area contributed by atoms with Gasteiger partial charge in [-0.05, 0) is 20.3 Å². The van der Waals surface area contributed by atoms with Crippen molar-refractivity contribution in [2.24, 2.45) is 0 Å². The standard InChI is InChI=1S/C14H24N4O/c1-6-7-15-14(19)11(5)17-12-8-10(4)16-13(18-12)9(2)3/h8-9,11H,6-7H2,1-5H3,(H,15,19)(H,16,17,18). The number of nitrogens with one attached hydrogen (secondary N) is 2. The number of aromatic nitrogens is 2. The number of carbonyl (C=O) groups is 1. The molecule has 2 N–H and O–H groups in total. The van der Waals surface area contributed by atoms with Crippen LogP contribution >= 0.6 is 0 Å². The van der Waals surface area contributed by atoms with Crippen molar-refractivity contribution in [1.82, 2.24) is 15.3 Å². The van der Waals surface area contributed by atoms with E-state index in [1.54, 1.807) is 0 Å². The number of hydrogen-bond donors (Lipinski definition) is 2. The maximum absolute atomic E-state index is 11.8. The van der Waals surface area contributed by atoms with Crippen LogP contribution in [0.5, 0.6) is 0 Å². The zero-order chi connectivity index (χ0) is 14.4. The van der Waals surface area contributed by atoms with Crippen LogP contribution in [0.4, 0.5) is 5.82 Å². The van der Waals surface area contributed by atoms with Gasteiger partial charge in [0.25, 0.3) is 0 Å². The molecule has 0 radical (unpaired) electrons. The lowest BCUT2D eigenvalue weighted by molar-refractivity contribution is -0.121. The van der Waals surface area contributed by atoms with E-state index in [0.29, 0.717) is 12.4 Å². The van der Waals surface area contributed by atoms with Crippen molar-refractivity contribution in [3.8, 4) is 0 Å². The molecular formula is C14H24N4O. The minimum atomic E-state index is -0.305. The van der Waals surface area contributed by atoms with Crippen LogP contribution in [0.15, 0.2) is 6.07 Å². The minimum absolute atomic E-state index is 0.00999. The van der Waals surface area contributed by atoms with Crippen molar-refractivity contribution < 1.29 is 4.79 Å². The van der Waals surface area contributed by atoms with Gasteiger partial charge in [-0.3, -0.25) is 4.79 Å². The molecule has 1 aromatic rings. The number of amides is 1. The molecule has 0 aliphatic rings. The highest BCUT2D eigenvalue weighted by Gasteiger charge is 2.13. The summed E-state index contributed by atoms with van der Waals surface area (Å²) >= 11 is 0. The van der Waals surface area contributed by atoms with Crippen molar-refractivity contribution in [2.45, 2.75) is 53.0 Å². The monoisotopic (exact) mass is 264 g/mol. The zero-order valence-corrected chi connectivity index (χ0v) is 12.4. The van der Waals surface area contributed by atoms with E-state index in [9.17, 15) is 4.79 Å². The first-order valence-corrected chi connectivity index (χ1v) is 6.83. The predicted octanol–water partition coefficient (Wildman–Crippen LogP) is 2.24. The molecule has 1 atom stereocenters. The lowest BCUT2D eigenvalue weighted by atomic mass is 10.2. The molecule has 19 heavy (non-hydrogen) atoms. The number of hydrogen-bond acceptors (Lipinski definition) is 4. The van der Waals surface area contributed by atoms with E-state index in [4.69, 9.17) is 0 Å². The normalized spacial score (nSPS) is 12.3. The summed E-state index contributed by atoms with van der Waals surface area (Å²) in [5, 5.41) is 5.98. The van der Waals surface area contributed by atoms with Crippen LogP contribution < -0.4 is 10.6 Å². The highest BCUT2D eigenvalue weighted by Crippen LogP contribution is 2.14. The SMILES string of the molecule is CCCNC(=O)C(C)Nc1cc(C)nc(C(C)C)n1. The fraction of sp³-hybridized carbons (Fsp3) is 0.643. The Bertz CT molecular complexity index is 431. The Hall–Kier alpha value is -1.65. The maximum Gasteiger partial charge on any atom is 0.242 e. The van der Waals surface area contributed by atoms with Gasteiger partial charge in [-0.15, -0.1) is 0 Å². The highest BCUT2D eigenvalue weighted by atomic mass is 16.2. The molecule has 0 saturated carbocycles. The van der Waals surface area contributed by atoms with Gasteiger partial charge >= 0.3 is 0 Å². The first-order chi connectivity index (χ1) is 8.93. The topological polar surface area (TPSA) is 66.9 Å². The highest BCUT2D eigenvalue weighted by molar-refractivity contribution is 5.83. The summed E-state index contributed by atoms with van der Waals surface area (Å²) < 4.78 is 0. The van der Waals surface area contributed by atoms with E-state index in [1.807, 2.05) is 26.8 Å². The van der Waals surface area contributed by atoms with E-state index in [0.717, 1.165) is 17.9 Å². The lowest BCUT2D eigenvalue weighted by Crippen LogP contribution is -2.38. The van der Waals surface area contributed by atoms with Gasteiger partial charge in [0.2, 0.25) is 5.91 Å². The third kappa shape index (κ3) is 4.85. The Morgan fingerprint density at radius 1 is 1.32 bits per heavy atom. The Morgan fingerprint density at radius 2 is 2.00 bits per heavy atom. The smallest absolute Gasteiger partial charge is 0.242 e. The average molecular weight is 264 g/mol. The summed E-state index contributed by atoms with van der Waals surface area (Å²) in [6.45, 7) is 10.6. The number of nitrogens with zero attached hydrogens (tertiary/aromatic N) is 2. The van der Waals surface area contributed by atoms with Crippen LogP contribution in [0.2, 0.25) is 0 Å². The quantitative estimate of drug-likeness (QED) is 0.827. The second-order valence-corrected chi connectivity index (χ2v) is 5.06. The van der Waals surface area contributed by atoms with Gasteiger partial charge in [-0.1, -0.05) is 20.8 Å². The van der Waals surface area contributed by atoms with E-state index in [2.05, 4.69) is 34.4 Å². The number of anilines is 1. The molecule has 5 heteroatoms. The van der Waals surface area contributed by atoms with Gasteiger partial charge in [0.15, 0.2) is 0 Å². The van der Waals surface area contributed by atoms with E-state index in [1.165, 1.54) is 0 Å². The molecule has 0 fully saturated rings. The fourth-order valence-corrected chi connectivity index (χ4v) is 1.61. The summed E-state index contributed by atoms with van der Waals surface area (Å²) in [5.41, 5.74) is 0.905. The second kappa shape index (κ2) is 7.07. The molecule has 1 aromatic heterocycles. The third-order valence-corrected chi connectivity index (χ3v) is 2.69. The lowest BCUT2D eigenvalue weighted by Gasteiger charge is -2.16. The van der Waals surface area contributed by atoms with Gasteiger partial charge in [0, 0.05) is 24.2 Å². The Morgan fingerprint density at radius 3 is 2.58 bits per heavy atom. The molecule has 106 valence electrons. The molecule has 0 aliphatic heterocycles. The molecule has 1 unspecified atom stereocenters. The van der Waals surface area contributed by atoms with Crippen LogP contribution in [0.1, 0.15) is 51.6 Å². The molecule has 0 saturated heterocycles. The molecule has 5 nitrogen and oxygen atoms in total. The number of rotatable bonds is 6. The average Bonchev–Trinajstić information content (AvgIpc) is 2.34. The van der Waals surface area contributed by atoms with Gasteiger partial charge in [0.1, 0.15) is 17.7 Å². The molecule has 1 heterocycles. The van der Waals surface area contributed by atoms with Gasteiger partial charge in [-0.2, -0.15) is 0 Å². The predicted molar refractivity (Wildman–Crippen MR) is 77.2 cm³/mol. The fourth-order valence-electron chi connectivity index (χ4n) is 1.61. The molecule has 0 aliphatic carbocycles. The van der Waals surface area contributed by atoms with Crippen LogP contribution in [0.3, 0.4) is 0 Å². The van der Waals surface area contributed by atoms with E-state index in [-0.39, 0.29) is 17.9 Å². The molecule has 1 amide bonds. The van der Waals surface area contributed by atoms with Crippen LogP contribution in [-0.4, -0.2) is 28.5 Å². The van der Waals surface area contributed by atoms with E-state index >= 15 is 0 Å². The molecule has 0 aromatic carbocycles. The summed E-state index contributed by atoms with van der Waals surface area (Å²) in [4.78, 5) is 20.6. The maximum atomic E-state index is 11.8. The van der Waals surface area contributed by atoms with Crippen molar-refractivity contribution in [2.75, 3.05) is 11.9 Å². The summed E-state index contributed by atoms with van der Waals surface area (Å²) in [7, 11) is 0. The van der Waals surface area contributed by atoms with Crippen molar-refractivity contribution in [1.29, 1.82) is 0 Å². The number of aryl methyl sites for hydroxylation is 1. The van der Waals surface area contributed by atoms with Crippen molar-refractivity contribution in [3.63, 3.8) is 0 Å². The van der Waals surface area contributed by atoms with Crippen molar-refractivity contribution in [3.05, 3.63) is 17.6 Å². The Labute approximate surface area is 115 Å². The second-order valence-electron chi connectivity index (χ2n) is 5.06. The van der Waals surface area contributed by atoms with Gasteiger partial charge < -0.3 is 10.6 Å². The first kappa shape index (κ1) is 15.4. The van der Waals surface area contributed by atoms with E-state index < -0.39 is 0 Å². The third-order valence-electron chi connectivity index (χ3n) is 2.69. The summed E-state index contributed by atoms with van der Waals surface area (Å²) in [6.07, 6.45) is 0.933. The summed E-state index contributed by atoms with van der Waals surface area (Å²) in [6, 6.07) is 1.55. The van der Waals surface area contributed by atoms with Gasteiger partial charge in [0.05, 0.1) is 0 Å². The number of carbonyl (C=O) groups excluding carboxylic acids is 1. The van der Waals surface area contributed by atoms with Crippen LogP contribution in [-0.2, 0) is 4.79 Å². The Kier molecular flexibility index (Phi) is 5.73. The van der Waals surface area contributed by atoms with Crippen LogP contribution in [0.25, 0.3) is 0 Å². The Balaban J connectivity index is 2.73. The zero-order valence-electron chi connectivity index (χ0n) is 12.4. The molecular weight excluding hydrogens is 240 g/mol. The molecule has 1 rings (SSSR count). The van der Waals surface area contributed by atoms with Crippen molar-refractivity contribution >= 4 is 11.7 Å².